The van der Waals surface area contributed by atoms with Crippen LogP contribution in [0.3, 0.4) is 0 Å². The number of carbonyl (C=O) groups is 1. The summed E-state index contributed by atoms with van der Waals surface area (Å²) in [7, 11) is 0. The number of fused-ring (bicyclic) bond motifs is 1. The zero-order valence-corrected chi connectivity index (χ0v) is 17.7. The van der Waals surface area contributed by atoms with Gasteiger partial charge in [-0.1, -0.05) is 29.8 Å². The molecule has 0 atom stereocenters. The first-order valence-corrected chi connectivity index (χ1v) is 10.8. The van der Waals surface area contributed by atoms with Crippen LogP contribution in [0.4, 0.5) is 5.82 Å². The number of rotatable bonds is 3. The summed E-state index contributed by atoms with van der Waals surface area (Å²) < 4.78 is 0. The minimum atomic E-state index is 0.0662. The molecule has 5 rings (SSSR count). The second kappa shape index (κ2) is 8.40. The lowest BCUT2D eigenvalue weighted by Gasteiger charge is -2.22. The van der Waals surface area contributed by atoms with Gasteiger partial charge in [-0.2, -0.15) is 5.10 Å². The number of pyridine rings is 1. The molecule has 1 aliphatic rings. The van der Waals surface area contributed by atoms with Gasteiger partial charge in [0.15, 0.2) is 5.82 Å². The smallest absolute Gasteiger partial charge is 0.253 e. The van der Waals surface area contributed by atoms with E-state index in [0.717, 1.165) is 54.0 Å². The van der Waals surface area contributed by atoms with Crippen LogP contribution in [0.15, 0.2) is 66.9 Å². The number of nitrogens with one attached hydrogen (secondary N) is 1. The van der Waals surface area contributed by atoms with Gasteiger partial charge in [0.25, 0.3) is 5.91 Å². The number of hydrogen-bond donors (Lipinski definition) is 1. The Kier molecular flexibility index (Phi) is 5.30. The number of anilines is 1. The number of carbonyl (C=O) groups excluding carboxylic acids is 1. The van der Waals surface area contributed by atoms with E-state index in [1.165, 1.54) is 0 Å². The van der Waals surface area contributed by atoms with Crippen LogP contribution in [0.2, 0.25) is 5.02 Å². The second-order valence-corrected chi connectivity index (χ2v) is 8.13. The fourth-order valence-electron chi connectivity index (χ4n) is 3.99. The van der Waals surface area contributed by atoms with Crippen molar-refractivity contribution in [3.63, 3.8) is 0 Å². The normalized spacial score (nSPS) is 14.6. The highest BCUT2D eigenvalue weighted by Crippen LogP contribution is 2.24. The summed E-state index contributed by atoms with van der Waals surface area (Å²) >= 11 is 5.99. The largest absolute Gasteiger partial charge is 0.353 e. The van der Waals surface area contributed by atoms with Gasteiger partial charge < -0.3 is 9.80 Å². The van der Waals surface area contributed by atoms with Crippen LogP contribution in [0.1, 0.15) is 16.8 Å². The van der Waals surface area contributed by atoms with Crippen LogP contribution < -0.4 is 4.90 Å². The molecule has 0 saturated carbocycles. The number of benzene rings is 2. The van der Waals surface area contributed by atoms with E-state index in [1.54, 1.807) is 6.20 Å². The van der Waals surface area contributed by atoms with Gasteiger partial charge in [-0.25, -0.2) is 0 Å². The molecule has 7 heteroatoms. The number of aromatic nitrogens is 3. The summed E-state index contributed by atoms with van der Waals surface area (Å²) in [4.78, 5) is 21.6. The molecule has 31 heavy (non-hydrogen) atoms. The Morgan fingerprint density at radius 2 is 1.84 bits per heavy atom. The molecule has 1 aliphatic heterocycles. The fourth-order valence-corrected chi connectivity index (χ4v) is 4.12. The van der Waals surface area contributed by atoms with Crippen molar-refractivity contribution in [1.82, 2.24) is 20.1 Å². The van der Waals surface area contributed by atoms with Crippen molar-refractivity contribution in [2.45, 2.75) is 6.42 Å². The SMILES string of the molecule is O=C(c1ccc2ncccc2c1)N1CCCN(c2cc(-c3ccc(Cl)cc3)[nH]n2)CC1. The molecule has 6 nitrogen and oxygen atoms in total. The zero-order chi connectivity index (χ0) is 21.2. The molecular weight excluding hydrogens is 410 g/mol. The maximum Gasteiger partial charge on any atom is 0.253 e. The molecule has 2 aromatic heterocycles. The summed E-state index contributed by atoms with van der Waals surface area (Å²) in [6, 6.07) is 19.3. The van der Waals surface area contributed by atoms with E-state index < -0.39 is 0 Å². The molecule has 4 aromatic rings. The van der Waals surface area contributed by atoms with Crippen LogP contribution in [-0.4, -0.2) is 52.2 Å². The number of amides is 1. The lowest BCUT2D eigenvalue weighted by Crippen LogP contribution is -2.35. The van der Waals surface area contributed by atoms with E-state index in [2.05, 4.69) is 26.1 Å². The summed E-state index contributed by atoms with van der Waals surface area (Å²) in [5.41, 5.74) is 3.60. The number of nitrogens with zero attached hydrogens (tertiary/aromatic N) is 4. The van der Waals surface area contributed by atoms with E-state index in [1.807, 2.05) is 59.5 Å². The summed E-state index contributed by atoms with van der Waals surface area (Å²) in [6.07, 6.45) is 2.66. The van der Waals surface area contributed by atoms with Crippen molar-refractivity contribution in [1.29, 1.82) is 0 Å². The number of halogens is 1. The Hall–Kier alpha value is -3.38. The number of H-pyrrole nitrogens is 1. The minimum absolute atomic E-state index is 0.0662. The first kappa shape index (κ1) is 19.6. The number of hydrogen-bond acceptors (Lipinski definition) is 4. The highest BCUT2D eigenvalue weighted by Gasteiger charge is 2.22. The third kappa shape index (κ3) is 4.11. The van der Waals surface area contributed by atoms with Crippen molar-refractivity contribution in [3.8, 4) is 11.3 Å². The zero-order valence-electron chi connectivity index (χ0n) is 17.0. The summed E-state index contributed by atoms with van der Waals surface area (Å²) in [6.45, 7) is 2.99. The monoisotopic (exact) mass is 431 g/mol. The van der Waals surface area contributed by atoms with E-state index in [0.29, 0.717) is 17.1 Å². The topological polar surface area (TPSA) is 65.1 Å². The van der Waals surface area contributed by atoms with E-state index in [4.69, 9.17) is 11.6 Å². The molecule has 1 amide bonds. The Labute approximate surface area is 185 Å². The Morgan fingerprint density at radius 3 is 2.71 bits per heavy atom. The van der Waals surface area contributed by atoms with Gasteiger partial charge in [0.2, 0.25) is 0 Å². The highest BCUT2D eigenvalue weighted by atomic mass is 35.5. The van der Waals surface area contributed by atoms with E-state index in [9.17, 15) is 4.79 Å². The summed E-state index contributed by atoms with van der Waals surface area (Å²) in [5.74, 6) is 0.965. The molecule has 0 unspecified atom stereocenters. The molecule has 1 saturated heterocycles. The van der Waals surface area contributed by atoms with Crippen molar-refractivity contribution >= 4 is 34.2 Å². The molecule has 156 valence electrons. The van der Waals surface area contributed by atoms with Crippen molar-refractivity contribution in [3.05, 3.63) is 77.4 Å². The highest BCUT2D eigenvalue weighted by molar-refractivity contribution is 6.30. The van der Waals surface area contributed by atoms with Gasteiger partial charge in [-0.15, -0.1) is 0 Å². The lowest BCUT2D eigenvalue weighted by molar-refractivity contribution is 0.0767. The van der Waals surface area contributed by atoms with Crippen LogP contribution in [0.5, 0.6) is 0 Å². The standard InChI is InChI=1S/C24H22ClN5O/c25-20-7-4-17(5-8-20)22-16-23(28-27-22)29-11-2-12-30(14-13-29)24(31)19-6-9-21-18(15-19)3-1-10-26-21/h1,3-10,15-16H,2,11-14H2,(H,27,28). The lowest BCUT2D eigenvalue weighted by atomic mass is 10.1. The predicted molar refractivity (Wildman–Crippen MR) is 124 cm³/mol. The van der Waals surface area contributed by atoms with Gasteiger partial charge in [0.05, 0.1) is 11.2 Å². The quantitative estimate of drug-likeness (QED) is 0.513. The Balaban J connectivity index is 1.28. The first-order valence-electron chi connectivity index (χ1n) is 10.4. The molecule has 0 bridgehead atoms. The molecule has 3 heterocycles. The van der Waals surface area contributed by atoms with Gasteiger partial charge in [-0.3, -0.25) is 14.9 Å². The predicted octanol–water partition coefficient (Wildman–Crippen LogP) is 4.63. The molecule has 0 spiro atoms. The first-order chi connectivity index (χ1) is 15.2. The Morgan fingerprint density at radius 1 is 0.968 bits per heavy atom. The molecule has 2 aromatic carbocycles. The summed E-state index contributed by atoms with van der Waals surface area (Å²) in [5, 5.41) is 9.31. The average Bonchev–Trinajstić information content (AvgIpc) is 3.16. The van der Waals surface area contributed by atoms with Crippen LogP contribution in [0.25, 0.3) is 22.2 Å². The second-order valence-electron chi connectivity index (χ2n) is 7.69. The van der Waals surface area contributed by atoms with Gasteiger partial charge in [0, 0.05) is 54.4 Å². The molecule has 1 N–H and O–H groups in total. The maximum absolute atomic E-state index is 13.1. The third-order valence-electron chi connectivity index (χ3n) is 5.68. The molecular formula is C24H22ClN5O. The average molecular weight is 432 g/mol. The van der Waals surface area contributed by atoms with Crippen molar-refractivity contribution in [2.75, 3.05) is 31.1 Å². The Bertz CT molecular complexity index is 1220. The van der Waals surface area contributed by atoms with Crippen LogP contribution >= 0.6 is 11.6 Å². The van der Waals surface area contributed by atoms with Crippen molar-refractivity contribution < 1.29 is 4.79 Å². The van der Waals surface area contributed by atoms with Gasteiger partial charge in [0.1, 0.15) is 0 Å². The fraction of sp³-hybridized carbons (Fsp3) is 0.208. The van der Waals surface area contributed by atoms with Crippen LogP contribution in [-0.2, 0) is 0 Å². The number of aromatic amines is 1. The maximum atomic E-state index is 13.1. The van der Waals surface area contributed by atoms with E-state index in [-0.39, 0.29) is 5.91 Å². The molecule has 0 aliphatic carbocycles. The van der Waals surface area contributed by atoms with Gasteiger partial charge >= 0.3 is 0 Å². The van der Waals surface area contributed by atoms with E-state index >= 15 is 0 Å². The third-order valence-corrected chi connectivity index (χ3v) is 5.93. The van der Waals surface area contributed by atoms with Crippen LogP contribution in [0, 0.1) is 0 Å². The molecule has 0 radical (unpaired) electrons. The minimum Gasteiger partial charge on any atom is -0.353 e. The van der Waals surface area contributed by atoms with Crippen molar-refractivity contribution in [2.24, 2.45) is 0 Å². The molecule has 1 fully saturated rings. The van der Waals surface area contributed by atoms with Gasteiger partial charge in [-0.05, 0) is 48.4 Å².